The first-order valence-electron chi connectivity index (χ1n) is 4.19. The van der Waals surface area contributed by atoms with Crippen molar-refractivity contribution >= 4 is 18.5 Å². The monoisotopic (exact) mass is 197 g/mol. The van der Waals surface area contributed by atoms with Gasteiger partial charge in [0.05, 0.1) is 0 Å². The quantitative estimate of drug-likeness (QED) is 0.776. The summed E-state index contributed by atoms with van der Waals surface area (Å²) in [6.45, 7) is 4.05. The Hall–Kier alpha value is -0.790. The van der Waals surface area contributed by atoms with Gasteiger partial charge in [0.1, 0.15) is 0 Å². The molecular weight excluding hydrogens is 182 g/mol. The number of halogens is 1. The third-order valence-electron chi connectivity index (χ3n) is 1.91. The van der Waals surface area contributed by atoms with Crippen molar-refractivity contribution in [1.29, 1.82) is 0 Å². The molecule has 0 amide bonds. The normalized spacial score (nSPS) is 13.3. The molecule has 0 radical (unpaired) electrons. The van der Waals surface area contributed by atoms with Gasteiger partial charge < -0.3 is 5.73 Å². The lowest BCUT2D eigenvalue weighted by Gasteiger charge is -2.04. The van der Waals surface area contributed by atoms with Crippen LogP contribution in [-0.2, 0) is 0 Å². The molecule has 1 nitrogen and oxygen atoms in total. The summed E-state index contributed by atoms with van der Waals surface area (Å²) in [7, 11) is 0. The van der Waals surface area contributed by atoms with Crippen molar-refractivity contribution < 1.29 is 0 Å². The summed E-state index contributed by atoms with van der Waals surface area (Å²) >= 11 is 0. The molecule has 0 aliphatic carbocycles. The Morgan fingerprint density at radius 2 is 1.85 bits per heavy atom. The first kappa shape index (κ1) is 12.2. The molecule has 2 heteroatoms. The van der Waals surface area contributed by atoms with Crippen molar-refractivity contribution in [2.24, 2.45) is 5.73 Å². The molecule has 1 aromatic carbocycles. The topological polar surface area (TPSA) is 26.0 Å². The average molecular weight is 198 g/mol. The zero-order valence-electron chi connectivity index (χ0n) is 8.03. The number of rotatable bonds is 2. The van der Waals surface area contributed by atoms with E-state index in [2.05, 4.69) is 25.1 Å². The van der Waals surface area contributed by atoms with Crippen LogP contribution in [0.5, 0.6) is 0 Å². The zero-order chi connectivity index (χ0) is 8.97. The predicted molar refractivity (Wildman–Crippen MR) is 61.0 cm³/mol. The fourth-order valence-corrected chi connectivity index (χ4v) is 0.944. The molecule has 0 aliphatic heterocycles. The standard InChI is InChI=1S/C11H15N.ClH/c1-9(10(2)12)8-11-6-4-3-5-7-11;/h3-8,10H,12H2,1-2H3;1H/b9-8+;. The summed E-state index contributed by atoms with van der Waals surface area (Å²) in [5.74, 6) is 0. The molecule has 72 valence electrons. The van der Waals surface area contributed by atoms with E-state index in [1.165, 1.54) is 11.1 Å². The summed E-state index contributed by atoms with van der Waals surface area (Å²) in [6, 6.07) is 10.4. The molecule has 1 aromatic rings. The second-order valence-corrected chi connectivity index (χ2v) is 3.09. The second-order valence-electron chi connectivity index (χ2n) is 3.09. The molecule has 0 fully saturated rings. The number of hydrogen-bond acceptors (Lipinski definition) is 1. The molecule has 0 heterocycles. The highest BCUT2D eigenvalue weighted by Gasteiger charge is 1.95. The van der Waals surface area contributed by atoms with Crippen LogP contribution in [0.4, 0.5) is 0 Å². The maximum atomic E-state index is 5.72. The van der Waals surface area contributed by atoms with Crippen molar-refractivity contribution in [3.8, 4) is 0 Å². The fourth-order valence-electron chi connectivity index (χ4n) is 0.944. The van der Waals surface area contributed by atoms with Gasteiger partial charge in [-0.3, -0.25) is 0 Å². The van der Waals surface area contributed by atoms with Crippen LogP contribution in [0.1, 0.15) is 19.4 Å². The molecular formula is C11H16ClN. The largest absolute Gasteiger partial charge is 0.324 e. The third-order valence-corrected chi connectivity index (χ3v) is 1.91. The van der Waals surface area contributed by atoms with Crippen LogP contribution in [0.2, 0.25) is 0 Å². The van der Waals surface area contributed by atoms with Gasteiger partial charge in [-0.1, -0.05) is 42.0 Å². The first-order valence-corrected chi connectivity index (χ1v) is 4.19. The van der Waals surface area contributed by atoms with Gasteiger partial charge in [0.15, 0.2) is 0 Å². The summed E-state index contributed by atoms with van der Waals surface area (Å²) in [6.07, 6.45) is 2.12. The Kier molecular flexibility index (Phi) is 5.44. The van der Waals surface area contributed by atoms with E-state index in [4.69, 9.17) is 5.73 Å². The minimum atomic E-state index is 0. The number of hydrogen-bond donors (Lipinski definition) is 1. The highest BCUT2D eigenvalue weighted by Crippen LogP contribution is 2.07. The fraction of sp³-hybridized carbons (Fsp3) is 0.273. The van der Waals surface area contributed by atoms with Gasteiger partial charge in [-0.15, -0.1) is 12.4 Å². The molecule has 2 N–H and O–H groups in total. The smallest absolute Gasteiger partial charge is 0.0225 e. The van der Waals surface area contributed by atoms with E-state index in [1.54, 1.807) is 0 Å². The lowest BCUT2D eigenvalue weighted by atomic mass is 10.1. The second kappa shape index (κ2) is 5.79. The van der Waals surface area contributed by atoms with Gasteiger partial charge >= 0.3 is 0 Å². The van der Waals surface area contributed by atoms with Crippen molar-refractivity contribution in [1.82, 2.24) is 0 Å². The number of benzene rings is 1. The predicted octanol–water partition coefficient (Wildman–Crippen LogP) is 2.86. The van der Waals surface area contributed by atoms with Gasteiger partial charge in [-0.05, 0) is 19.4 Å². The molecule has 1 unspecified atom stereocenters. The maximum absolute atomic E-state index is 5.72. The minimum absolute atomic E-state index is 0. The number of nitrogens with two attached hydrogens (primary N) is 1. The molecule has 0 aliphatic rings. The van der Waals surface area contributed by atoms with E-state index >= 15 is 0 Å². The Morgan fingerprint density at radius 3 is 2.31 bits per heavy atom. The van der Waals surface area contributed by atoms with Gasteiger partial charge in [-0.25, -0.2) is 0 Å². The molecule has 0 saturated carbocycles. The molecule has 1 rings (SSSR count). The van der Waals surface area contributed by atoms with Gasteiger partial charge in [0.2, 0.25) is 0 Å². The average Bonchev–Trinajstić information content (AvgIpc) is 2.06. The molecule has 0 bridgehead atoms. The van der Waals surface area contributed by atoms with Gasteiger partial charge in [0, 0.05) is 6.04 Å². The minimum Gasteiger partial charge on any atom is -0.324 e. The van der Waals surface area contributed by atoms with Gasteiger partial charge in [-0.2, -0.15) is 0 Å². The van der Waals surface area contributed by atoms with E-state index in [-0.39, 0.29) is 18.4 Å². The third kappa shape index (κ3) is 4.11. The molecule has 0 spiro atoms. The lowest BCUT2D eigenvalue weighted by molar-refractivity contribution is 0.868. The lowest BCUT2D eigenvalue weighted by Crippen LogP contribution is -2.15. The Bertz CT molecular complexity index is 265. The Balaban J connectivity index is 0.00000144. The van der Waals surface area contributed by atoms with Crippen LogP contribution in [0, 0.1) is 0 Å². The molecule has 0 saturated heterocycles. The summed E-state index contributed by atoms with van der Waals surface area (Å²) in [5.41, 5.74) is 8.14. The van der Waals surface area contributed by atoms with Gasteiger partial charge in [0.25, 0.3) is 0 Å². The van der Waals surface area contributed by atoms with Crippen LogP contribution in [0.25, 0.3) is 6.08 Å². The van der Waals surface area contributed by atoms with E-state index in [0.717, 1.165) is 0 Å². The highest BCUT2D eigenvalue weighted by molar-refractivity contribution is 5.85. The Labute approximate surface area is 86.1 Å². The molecule has 13 heavy (non-hydrogen) atoms. The Morgan fingerprint density at radius 1 is 1.31 bits per heavy atom. The molecule has 1 atom stereocenters. The van der Waals surface area contributed by atoms with Crippen LogP contribution >= 0.6 is 12.4 Å². The highest BCUT2D eigenvalue weighted by atomic mass is 35.5. The van der Waals surface area contributed by atoms with E-state index in [9.17, 15) is 0 Å². The zero-order valence-corrected chi connectivity index (χ0v) is 8.84. The van der Waals surface area contributed by atoms with Crippen LogP contribution in [0.3, 0.4) is 0 Å². The van der Waals surface area contributed by atoms with E-state index in [0.29, 0.717) is 0 Å². The van der Waals surface area contributed by atoms with Crippen LogP contribution < -0.4 is 5.73 Å². The molecule has 0 aromatic heterocycles. The van der Waals surface area contributed by atoms with Crippen molar-refractivity contribution in [2.75, 3.05) is 0 Å². The van der Waals surface area contributed by atoms with Crippen LogP contribution in [0.15, 0.2) is 35.9 Å². The van der Waals surface area contributed by atoms with Crippen molar-refractivity contribution in [3.05, 3.63) is 41.5 Å². The SMILES string of the molecule is C/C(=C\c1ccccc1)C(C)N.Cl. The van der Waals surface area contributed by atoms with E-state index in [1.807, 2.05) is 25.1 Å². The van der Waals surface area contributed by atoms with Crippen molar-refractivity contribution in [3.63, 3.8) is 0 Å². The van der Waals surface area contributed by atoms with E-state index < -0.39 is 0 Å². The first-order chi connectivity index (χ1) is 5.70. The summed E-state index contributed by atoms with van der Waals surface area (Å²) < 4.78 is 0. The van der Waals surface area contributed by atoms with Crippen molar-refractivity contribution in [2.45, 2.75) is 19.9 Å². The maximum Gasteiger partial charge on any atom is 0.0225 e. The van der Waals surface area contributed by atoms with Crippen LogP contribution in [-0.4, -0.2) is 6.04 Å². The summed E-state index contributed by atoms with van der Waals surface area (Å²) in [4.78, 5) is 0. The summed E-state index contributed by atoms with van der Waals surface area (Å²) in [5, 5.41) is 0.